The number of aliphatic hydroxyl groups excluding tert-OH is 3. The largest absolute Gasteiger partial charge is 0.396 e. The first-order valence-corrected chi connectivity index (χ1v) is 12.9. The Kier molecular flexibility index (Phi) is 6.65. The summed E-state index contributed by atoms with van der Waals surface area (Å²) in [4.78, 5) is 18.8. The van der Waals surface area contributed by atoms with Crippen molar-refractivity contribution < 1.29 is 15.3 Å². The molecule has 4 atom stereocenters. The van der Waals surface area contributed by atoms with Crippen LogP contribution in [0.1, 0.15) is 49.9 Å². The van der Waals surface area contributed by atoms with E-state index in [1.54, 1.807) is 17.5 Å². The summed E-state index contributed by atoms with van der Waals surface area (Å²) in [5.41, 5.74) is 3.29. The highest BCUT2D eigenvalue weighted by atomic mass is 32.1. The molecule has 34 heavy (non-hydrogen) atoms. The first-order chi connectivity index (χ1) is 16.4. The van der Waals surface area contributed by atoms with Crippen LogP contribution in [-0.2, 0) is 0 Å². The molecule has 0 bridgehead atoms. The first-order valence-electron chi connectivity index (χ1n) is 12.1. The van der Waals surface area contributed by atoms with Crippen molar-refractivity contribution in [3.05, 3.63) is 23.7 Å². The first kappa shape index (κ1) is 23.3. The van der Waals surface area contributed by atoms with Gasteiger partial charge in [-0.05, 0) is 39.2 Å². The maximum Gasteiger partial charge on any atom is 0.225 e. The van der Waals surface area contributed by atoms with Crippen LogP contribution in [0, 0.1) is 19.8 Å². The number of nitrogens with zero attached hydrogens (tertiary/aromatic N) is 4. The zero-order valence-electron chi connectivity index (χ0n) is 19.5. The van der Waals surface area contributed by atoms with Gasteiger partial charge in [-0.15, -0.1) is 11.3 Å². The van der Waals surface area contributed by atoms with Gasteiger partial charge in [0.2, 0.25) is 5.95 Å². The molecule has 0 amide bonds. The molecule has 2 saturated carbocycles. The lowest BCUT2D eigenvalue weighted by atomic mass is 9.96. The third-order valence-corrected chi connectivity index (χ3v) is 8.13. The smallest absolute Gasteiger partial charge is 0.225 e. The van der Waals surface area contributed by atoms with E-state index in [0.29, 0.717) is 24.2 Å². The molecule has 0 saturated heterocycles. The number of thiazole rings is 1. The number of aliphatic hydroxyl groups is 3. The van der Waals surface area contributed by atoms with E-state index in [1.165, 1.54) is 19.3 Å². The highest BCUT2D eigenvalue weighted by Gasteiger charge is 2.41. The van der Waals surface area contributed by atoms with E-state index in [0.717, 1.165) is 45.0 Å². The lowest BCUT2D eigenvalue weighted by Gasteiger charge is -2.25. The Hall–Kier alpha value is -2.40. The van der Waals surface area contributed by atoms with Crippen LogP contribution < -0.4 is 10.6 Å². The second-order valence-electron chi connectivity index (χ2n) is 9.51. The Labute approximate surface area is 202 Å². The van der Waals surface area contributed by atoms with Crippen molar-refractivity contribution in [2.75, 3.05) is 17.2 Å². The summed E-state index contributed by atoms with van der Waals surface area (Å²) in [6.07, 6.45) is 6.11. The summed E-state index contributed by atoms with van der Waals surface area (Å²) in [5.74, 6) is 0.751. The van der Waals surface area contributed by atoms with Crippen LogP contribution in [0.5, 0.6) is 0 Å². The Morgan fingerprint density at radius 2 is 1.79 bits per heavy atom. The number of anilines is 2. The summed E-state index contributed by atoms with van der Waals surface area (Å²) < 4.78 is 1.04. The van der Waals surface area contributed by atoms with E-state index >= 15 is 0 Å². The van der Waals surface area contributed by atoms with Gasteiger partial charge in [-0.3, -0.25) is 4.98 Å². The van der Waals surface area contributed by atoms with E-state index < -0.39 is 18.2 Å². The Morgan fingerprint density at radius 3 is 2.50 bits per heavy atom. The molecule has 9 nitrogen and oxygen atoms in total. The summed E-state index contributed by atoms with van der Waals surface area (Å²) in [5, 5.41) is 38.2. The number of fused-ring (bicyclic) bond motifs is 1. The SMILES string of the molecule is Cc1nc(NC2CCCCC2)nc(N[C@@H]2C[C@H](CO)[C@@H](O)[C@H]2O)c1-c1nc2c(C)nccc2s1. The molecular weight excluding hydrogens is 452 g/mol. The van der Waals surface area contributed by atoms with E-state index in [9.17, 15) is 15.3 Å². The van der Waals surface area contributed by atoms with E-state index in [4.69, 9.17) is 15.0 Å². The van der Waals surface area contributed by atoms with Crippen LogP contribution in [0.3, 0.4) is 0 Å². The van der Waals surface area contributed by atoms with Crippen molar-refractivity contribution in [1.82, 2.24) is 19.9 Å². The normalized spacial score (nSPS) is 25.7. The maximum atomic E-state index is 10.6. The molecule has 0 aliphatic heterocycles. The Balaban J connectivity index is 1.54. The van der Waals surface area contributed by atoms with Crippen LogP contribution >= 0.6 is 11.3 Å². The molecule has 0 radical (unpaired) electrons. The quantitative estimate of drug-likeness (QED) is 0.357. The van der Waals surface area contributed by atoms with Gasteiger partial charge in [0.1, 0.15) is 22.4 Å². The van der Waals surface area contributed by atoms with Gasteiger partial charge in [0.05, 0.1) is 33.8 Å². The topological polar surface area (TPSA) is 136 Å². The minimum Gasteiger partial charge on any atom is -0.396 e. The molecule has 3 aromatic heterocycles. The van der Waals surface area contributed by atoms with Gasteiger partial charge < -0.3 is 26.0 Å². The number of pyridine rings is 1. The fourth-order valence-electron chi connectivity index (χ4n) is 5.14. The van der Waals surface area contributed by atoms with Crippen molar-refractivity contribution in [3.8, 4) is 10.6 Å². The molecule has 182 valence electrons. The van der Waals surface area contributed by atoms with Crippen molar-refractivity contribution in [2.24, 2.45) is 5.92 Å². The van der Waals surface area contributed by atoms with Gasteiger partial charge in [-0.2, -0.15) is 4.98 Å². The summed E-state index contributed by atoms with van der Waals surface area (Å²) in [7, 11) is 0. The van der Waals surface area contributed by atoms with Crippen molar-refractivity contribution in [1.29, 1.82) is 0 Å². The van der Waals surface area contributed by atoms with Crippen LogP contribution in [0.4, 0.5) is 11.8 Å². The molecule has 0 aromatic carbocycles. The lowest BCUT2D eigenvalue weighted by molar-refractivity contribution is 0.00446. The van der Waals surface area contributed by atoms with Gasteiger partial charge in [-0.25, -0.2) is 9.97 Å². The minimum atomic E-state index is -1.00. The van der Waals surface area contributed by atoms with Gasteiger partial charge in [-0.1, -0.05) is 19.3 Å². The lowest BCUT2D eigenvalue weighted by Crippen LogP contribution is -2.36. The number of hydrogen-bond acceptors (Lipinski definition) is 10. The molecule has 0 unspecified atom stereocenters. The number of aryl methyl sites for hydroxylation is 2. The number of nitrogens with one attached hydrogen (secondary N) is 2. The third-order valence-electron chi connectivity index (χ3n) is 7.09. The van der Waals surface area contributed by atoms with Crippen LogP contribution in [-0.4, -0.2) is 66.2 Å². The molecule has 2 aliphatic carbocycles. The molecule has 5 N–H and O–H groups in total. The molecule has 5 rings (SSSR count). The average molecular weight is 485 g/mol. The molecule has 10 heteroatoms. The monoisotopic (exact) mass is 484 g/mol. The van der Waals surface area contributed by atoms with Crippen LogP contribution in [0.2, 0.25) is 0 Å². The Morgan fingerprint density at radius 1 is 1.00 bits per heavy atom. The average Bonchev–Trinajstić information content (AvgIpc) is 3.37. The molecule has 0 spiro atoms. The van der Waals surface area contributed by atoms with E-state index in [2.05, 4.69) is 15.6 Å². The minimum absolute atomic E-state index is 0.176. The second kappa shape index (κ2) is 9.69. The van der Waals surface area contributed by atoms with E-state index in [-0.39, 0.29) is 12.5 Å². The zero-order valence-corrected chi connectivity index (χ0v) is 20.3. The standard InChI is InChI=1S/C24H32N6O3S/c1-12-18(23-29-19-13(2)25-9-8-17(19)34-23)22(28-16-10-14(11-31)20(32)21(16)33)30-24(26-12)27-15-6-4-3-5-7-15/h8-9,14-16,20-21,31-33H,3-7,10-11H2,1-2H3,(H2,26,27,28,30)/t14-,16-,20-,21+/m1/s1. The molecule has 3 aromatic rings. The molecular formula is C24H32N6O3S. The van der Waals surface area contributed by atoms with Gasteiger partial charge in [0.25, 0.3) is 0 Å². The fraction of sp³-hybridized carbons (Fsp3) is 0.583. The van der Waals surface area contributed by atoms with E-state index in [1.807, 2.05) is 19.9 Å². The number of hydrogen-bond donors (Lipinski definition) is 5. The van der Waals surface area contributed by atoms with Crippen molar-refractivity contribution >= 4 is 33.3 Å². The molecule has 2 fully saturated rings. The fourth-order valence-corrected chi connectivity index (χ4v) is 6.25. The molecule has 3 heterocycles. The van der Waals surface area contributed by atoms with Crippen LogP contribution in [0.25, 0.3) is 20.8 Å². The predicted molar refractivity (Wildman–Crippen MR) is 133 cm³/mol. The maximum absolute atomic E-state index is 10.6. The van der Waals surface area contributed by atoms with Gasteiger partial charge >= 0.3 is 0 Å². The predicted octanol–water partition coefficient (Wildman–Crippen LogP) is 3.02. The summed E-state index contributed by atoms with van der Waals surface area (Å²) in [6, 6.07) is 1.86. The zero-order chi connectivity index (χ0) is 23.8. The van der Waals surface area contributed by atoms with Crippen molar-refractivity contribution in [3.63, 3.8) is 0 Å². The summed E-state index contributed by atoms with van der Waals surface area (Å²) in [6.45, 7) is 3.71. The van der Waals surface area contributed by atoms with Gasteiger partial charge in [0, 0.05) is 24.8 Å². The van der Waals surface area contributed by atoms with Gasteiger partial charge in [0.15, 0.2) is 0 Å². The summed E-state index contributed by atoms with van der Waals surface area (Å²) >= 11 is 1.56. The molecule has 2 aliphatic rings. The number of aromatic nitrogens is 4. The highest BCUT2D eigenvalue weighted by molar-refractivity contribution is 7.21. The van der Waals surface area contributed by atoms with Crippen LogP contribution in [0.15, 0.2) is 12.3 Å². The Bertz CT molecular complexity index is 1170. The highest BCUT2D eigenvalue weighted by Crippen LogP contribution is 2.38. The number of rotatable bonds is 6. The second-order valence-corrected chi connectivity index (χ2v) is 10.5. The van der Waals surface area contributed by atoms with Crippen molar-refractivity contribution in [2.45, 2.75) is 76.7 Å². The third kappa shape index (κ3) is 4.47.